The molecular weight excluding hydrogens is 697 g/mol. The minimum absolute atomic E-state index is 0.146. The van der Waals surface area contributed by atoms with E-state index in [1.54, 1.807) is 36.5 Å². The van der Waals surface area contributed by atoms with Crippen molar-refractivity contribution in [3.05, 3.63) is 126 Å². The number of carbonyl (C=O) groups is 2. The molecule has 298 valence electrons. The molecule has 1 amide bonds. The van der Waals surface area contributed by atoms with E-state index < -0.39 is 5.60 Å². The summed E-state index contributed by atoms with van der Waals surface area (Å²) < 4.78 is 35.0. The molecule has 3 atom stereocenters. The Morgan fingerprint density at radius 1 is 0.873 bits per heavy atom. The van der Waals surface area contributed by atoms with Gasteiger partial charge in [-0.25, -0.2) is 4.79 Å². The van der Waals surface area contributed by atoms with Gasteiger partial charge in [-0.3, -0.25) is 4.79 Å². The number of epoxide rings is 1. The second kappa shape index (κ2) is 23.6. The van der Waals surface area contributed by atoms with Crippen molar-refractivity contribution in [2.24, 2.45) is 5.92 Å². The number of carbonyl (C=O) groups excluding carboxylic acids is 2. The van der Waals surface area contributed by atoms with Crippen molar-refractivity contribution in [2.45, 2.75) is 77.4 Å². The molecule has 1 aliphatic heterocycles. The minimum atomic E-state index is -0.396. The summed E-state index contributed by atoms with van der Waals surface area (Å²) in [6, 6.07) is 18.2. The Morgan fingerprint density at radius 2 is 1.56 bits per heavy atom. The van der Waals surface area contributed by atoms with Crippen molar-refractivity contribution < 1.29 is 38.0 Å². The highest BCUT2D eigenvalue weighted by molar-refractivity contribution is 5.87. The van der Waals surface area contributed by atoms with Gasteiger partial charge >= 0.3 is 5.97 Å². The highest BCUT2D eigenvalue weighted by Gasteiger charge is 2.59. The Balaban J connectivity index is 0.972. The summed E-state index contributed by atoms with van der Waals surface area (Å²) in [5.74, 6) is 0.424. The van der Waals surface area contributed by atoms with E-state index in [0.29, 0.717) is 52.6 Å². The second-order valence-electron chi connectivity index (χ2n) is 14.5. The number of nitrogens with one attached hydrogen (secondary N) is 2. The number of benzene rings is 2. The van der Waals surface area contributed by atoms with Crippen LogP contribution in [-0.4, -0.2) is 81.9 Å². The molecule has 10 heteroatoms. The average molecular weight is 757 g/mol. The van der Waals surface area contributed by atoms with Crippen LogP contribution in [0.2, 0.25) is 0 Å². The van der Waals surface area contributed by atoms with E-state index in [-0.39, 0.29) is 29.5 Å². The monoisotopic (exact) mass is 756 g/mol. The van der Waals surface area contributed by atoms with Crippen molar-refractivity contribution >= 4 is 11.9 Å². The van der Waals surface area contributed by atoms with E-state index in [1.807, 2.05) is 36.4 Å². The molecule has 55 heavy (non-hydrogen) atoms. The molecule has 1 heterocycles. The smallest absolute Gasteiger partial charge is 0.331 e. The Labute approximate surface area is 327 Å². The van der Waals surface area contributed by atoms with Gasteiger partial charge in [0.05, 0.1) is 50.8 Å². The number of hydrogen-bond acceptors (Lipinski definition) is 9. The first-order valence-electron chi connectivity index (χ1n) is 19.3. The van der Waals surface area contributed by atoms with Crippen molar-refractivity contribution in [3.63, 3.8) is 0 Å². The van der Waals surface area contributed by atoms with Crippen LogP contribution in [0.15, 0.2) is 115 Å². The zero-order valence-corrected chi connectivity index (χ0v) is 33.0. The van der Waals surface area contributed by atoms with Gasteiger partial charge in [0, 0.05) is 37.7 Å². The van der Waals surface area contributed by atoms with Crippen LogP contribution in [0.5, 0.6) is 5.75 Å². The number of ether oxygens (including phenoxy) is 6. The third kappa shape index (κ3) is 16.9. The summed E-state index contributed by atoms with van der Waals surface area (Å²) in [5.41, 5.74) is 2.95. The van der Waals surface area contributed by atoms with Gasteiger partial charge in [0.1, 0.15) is 18.5 Å². The van der Waals surface area contributed by atoms with Crippen LogP contribution in [0.3, 0.4) is 0 Å². The van der Waals surface area contributed by atoms with E-state index in [9.17, 15) is 9.59 Å². The maximum absolute atomic E-state index is 12.5. The SMILES string of the molecule is CC(C)=CCOC(C)(C)C1CC(OC(=O)/C=C/C=C/C=C/C=C/C(=O)NCCOCCOCCNCc2cccc(OCc3ccccc3)c2)CC[C@]12CO2. The van der Waals surface area contributed by atoms with E-state index >= 15 is 0 Å². The van der Waals surface area contributed by atoms with Crippen LogP contribution < -0.4 is 15.4 Å². The van der Waals surface area contributed by atoms with Gasteiger partial charge in [-0.2, -0.15) is 0 Å². The molecule has 2 aromatic carbocycles. The predicted octanol–water partition coefficient (Wildman–Crippen LogP) is 6.97. The Kier molecular flexibility index (Phi) is 18.6. The topological polar surface area (TPSA) is 117 Å². The third-order valence-electron chi connectivity index (χ3n) is 9.46. The van der Waals surface area contributed by atoms with Crippen LogP contribution in [-0.2, 0) is 46.4 Å². The fourth-order valence-corrected chi connectivity index (χ4v) is 6.39. The standard InChI is InChI=1S/C45H60N2O8/c1-36(2)22-26-53-44(3,4)41-32-40(21-23-45(41)35-54-45)55-43(49)20-13-8-6-5-7-12-19-42(48)47-25-28-51-30-29-50-27-24-46-33-38-17-14-18-39(31-38)52-34-37-15-10-9-11-16-37/h5-20,22,31,40-41,46H,21,23-30,32-35H2,1-4H3,(H,47,48)/b7-5+,8-6+,19-12+,20-13+/t40?,41?,45-/m0/s1. The van der Waals surface area contributed by atoms with Gasteiger partial charge in [0.2, 0.25) is 5.91 Å². The summed E-state index contributed by atoms with van der Waals surface area (Å²) in [6.45, 7) is 13.9. The maximum atomic E-state index is 12.5. The molecule has 2 fully saturated rings. The molecule has 2 unspecified atom stereocenters. The highest BCUT2D eigenvalue weighted by Crippen LogP contribution is 2.51. The zero-order valence-electron chi connectivity index (χ0n) is 33.0. The minimum Gasteiger partial charge on any atom is -0.489 e. The van der Waals surface area contributed by atoms with Crippen molar-refractivity contribution in [3.8, 4) is 5.75 Å². The van der Waals surface area contributed by atoms with Gasteiger partial charge in [-0.1, -0.05) is 90.6 Å². The molecule has 4 rings (SSSR count). The zero-order chi connectivity index (χ0) is 39.2. The summed E-state index contributed by atoms with van der Waals surface area (Å²) in [5, 5.41) is 6.16. The first kappa shape index (κ1) is 43.4. The van der Waals surface area contributed by atoms with Crippen LogP contribution >= 0.6 is 0 Å². The summed E-state index contributed by atoms with van der Waals surface area (Å²) in [7, 11) is 0. The lowest BCUT2D eigenvalue weighted by molar-refractivity contribution is -0.152. The second-order valence-corrected chi connectivity index (χ2v) is 14.5. The van der Waals surface area contributed by atoms with Gasteiger partial charge in [-0.05, 0) is 70.2 Å². The summed E-state index contributed by atoms with van der Waals surface area (Å²) in [6.07, 6.45) is 17.5. The predicted molar refractivity (Wildman–Crippen MR) is 215 cm³/mol. The fraction of sp³-hybridized carbons (Fsp3) is 0.467. The van der Waals surface area contributed by atoms with Gasteiger partial charge in [0.15, 0.2) is 0 Å². The van der Waals surface area contributed by atoms with E-state index in [1.165, 1.54) is 17.7 Å². The Bertz CT molecular complexity index is 1610. The summed E-state index contributed by atoms with van der Waals surface area (Å²) in [4.78, 5) is 24.5. The fourth-order valence-electron chi connectivity index (χ4n) is 6.39. The van der Waals surface area contributed by atoms with Crippen LogP contribution in [0, 0.1) is 5.92 Å². The molecule has 2 aliphatic rings. The Hall–Kier alpha value is -4.32. The van der Waals surface area contributed by atoms with Crippen LogP contribution in [0.1, 0.15) is 58.1 Å². The normalized spacial score (nSPS) is 19.8. The molecule has 1 spiro atoms. The van der Waals surface area contributed by atoms with E-state index in [4.69, 9.17) is 28.4 Å². The molecule has 0 radical (unpaired) electrons. The number of hydrogen-bond donors (Lipinski definition) is 2. The number of esters is 1. The first-order valence-corrected chi connectivity index (χ1v) is 19.3. The molecule has 2 aromatic rings. The molecule has 10 nitrogen and oxygen atoms in total. The van der Waals surface area contributed by atoms with Gasteiger partial charge in [0.25, 0.3) is 0 Å². The lowest BCUT2D eigenvalue weighted by Gasteiger charge is -2.43. The Morgan fingerprint density at radius 3 is 2.29 bits per heavy atom. The largest absolute Gasteiger partial charge is 0.489 e. The average Bonchev–Trinajstić information content (AvgIpc) is 3.94. The van der Waals surface area contributed by atoms with Crippen molar-refractivity contribution in [1.82, 2.24) is 10.6 Å². The molecular formula is C45H60N2O8. The van der Waals surface area contributed by atoms with E-state index in [2.05, 4.69) is 62.6 Å². The van der Waals surface area contributed by atoms with Gasteiger partial charge in [-0.15, -0.1) is 0 Å². The number of allylic oxidation sites excluding steroid dienone is 7. The maximum Gasteiger partial charge on any atom is 0.331 e. The van der Waals surface area contributed by atoms with Crippen LogP contribution in [0.4, 0.5) is 0 Å². The van der Waals surface area contributed by atoms with E-state index in [0.717, 1.165) is 49.4 Å². The molecule has 0 aromatic heterocycles. The lowest BCUT2D eigenvalue weighted by Crippen LogP contribution is -2.49. The lowest BCUT2D eigenvalue weighted by atomic mass is 9.70. The molecule has 1 saturated heterocycles. The van der Waals surface area contributed by atoms with Crippen molar-refractivity contribution in [1.29, 1.82) is 0 Å². The molecule has 0 bridgehead atoms. The number of rotatable bonds is 24. The van der Waals surface area contributed by atoms with Crippen LogP contribution in [0.25, 0.3) is 0 Å². The molecule has 1 saturated carbocycles. The first-order chi connectivity index (χ1) is 26.6. The number of amides is 1. The molecule has 2 N–H and O–H groups in total. The highest BCUT2D eigenvalue weighted by atomic mass is 16.6. The third-order valence-corrected chi connectivity index (χ3v) is 9.46. The quantitative estimate of drug-likeness (QED) is 0.0293. The molecule has 1 aliphatic carbocycles. The van der Waals surface area contributed by atoms with Crippen molar-refractivity contribution in [2.75, 3.05) is 52.7 Å². The summed E-state index contributed by atoms with van der Waals surface area (Å²) >= 11 is 0. The van der Waals surface area contributed by atoms with Gasteiger partial charge < -0.3 is 39.1 Å².